The molecule has 4 rings (SSSR count). The van der Waals surface area contributed by atoms with Gasteiger partial charge in [0.1, 0.15) is 5.82 Å². The summed E-state index contributed by atoms with van der Waals surface area (Å²) in [6, 6.07) is 3.81. The van der Waals surface area contributed by atoms with E-state index in [9.17, 15) is 4.79 Å². The first-order valence-corrected chi connectivity index (χ1v) is 9.76. The van der Waals surface area contributed by atoms with Crippen LogP contribution in [-0.2, 0) is 17.6 Å². The highest BCUT2D eigenvalue weighted by Crippen LogP contribution is 2.29. The minimum Gasteiger partial charge on any atom is -0.342 e. The molecule has 0 aromatic carbocycles. The lowest BCUT2D eigenvalue weighted by Crippen LogP contribution is -2.40. The lowest BCUT2D eigenvalue weighted by Gasteiger charge is -2.33. The predicted octanol–water partition coefficient (Wildman–Crippen LogP) is 2.57. The van der Waals surface area contributed by atoms with Gasteiger partial charge >= 0.3 is 0 Å². The van der Waals surface area contributed by atoms with Gasteiger partial charge in [0, 0.05) is 62.6 Å². The molecule has 3 aromatic heterocycles. The zero-order chi connectivity index (χ0) is 19.3. The van der Waals surface area contributed by atoms with Crippen molar-refractivity contribution in [1.29, 1.82) is 0 Å². The molecule has 144 valence electrons. The minimum absolute atomic E-state index is 0.139. The van der Waals surface area contributed by atoms with Gasteiger partial charge in [-0.15, -0.1) is 0 Å². The molecule has 3 aromatic rings. The first kappa shape index (κ1) is 18.3. The van der Waals surface area contributed by atoms with E-state index in [4.69, 9.17) is 0 Å². The number of aryl methyl sites for hydroxylation is 1. The SMILES string of the molecule is CCc1nccn1-c1nccnc1[C@@H]1CCCN(C(=O)Cc2cccnc2)C1. The molecule has 0 bridgehead atoms. The maximum absolute atomic E-state index is 12.8. The number of hydrogen-bond acceptors (Lipinski definition) is 5. The standard InChI is InChI=1S/C21H24N6O/c1-2-18-23-10-12-27(18)21-20(24-8-9-25-21)17-6-4-11-26(15-17)19(28)13-16-5-3-7-22-14-16/h3,5,7-10,12,14,17H,2,4,6,11,13,15H2,1H3/t17-/m1/s1. The Hall–Kier alpha value is -3.09. The highest BCUT2D eigenvalue weighted by Gasteiger charge is 2.28. The first-order chi connectivity index (χ1) is 13.8. The maximum atomic E-state index is 12.8. The van der Waals surface area contributed by atoms with Gasteiger partial charge in [-0.2, -0.15) is 0 Å². The molecule has 1 amide bonds. The number of rotatable bonds is 5. The van der Waals surface area contributed by atoms with Gasteiger partial charge in [0.05, 0.1) is 12.1 Å². The molecule has 1 fully saturated rings. The van der Waals surface area contributed by atoms with Gasteiger partial charge in [-0.1, -0.05) is 13.0 Å². The fourth-order valence-electron chi connectivity index (χ4n) is 3.82. The Kier molecular flexibility index (Phi) is 5.41. The normalized spacial score (nSPS) is 16.9. The second-order valence-electron chi connectivity index (χ2n) is 7.05. The molecule has 28 heavy (non-hydrogen) atoms. The quantitative estimate of drug-likeness (QED) is 0.684. The van der Waals surface area contributed by atoms with Gasteiger partial charge in [0.2, 0.25) is 5.91 Å². The second kappa shape index (κ2) is 8.29. The van der Waals surface area contributed by atoms with Crippen LogP contribution < -0.4 is 0 Å². The summed E-state index contributed by atoms with van der Waals surface area (Å²) < 4.78 is 2.01. The monoisotopic (exact) mass is 376 g/mol. The predicted molar refractivity (Wildman–Crippen MR) is 105 cm³/mol. The Morgan fingerprint density at radius 1 is 1.18 bits per heavy atom. The van der Waals surface area contributed by atoms with E-state index in [0.717, 1.165) is 48.7 Å². The number of aromatic nitrogens is 5. The zero-order valence-electron chi connectivity index (χ0n) is 16.0. The highest BCUT2D eigenvalue weighted by molar-refractivity contribution is 5.78. The summed E-state index contributed by atoms with van der Waals surface area (Å²) in [6.45, 7) is 3.53. The number of carbonyl (C=O) groups is 1. The molecule has 4 heterocycles. The summed E-state index contributed by atoms with van der Waals surface area (Å²) in [5.74, 6) is 2.09. The van der Waals surface area contributed by atoms with Crippen LogP contribution in [0.5, 0.6) is 0 Å². The average molecular weight is 376 g/mol. The molecule has 0 aliphatic carbocycles. The summed E-state index contributed by atoms with van der Waals surface area (Å²) >= 11 is 0. The number of likely N-dealkylation sites (tertiary alicyclic amines) is 1. The molecule has 0 unspecified atom stereocenters. The van der Waals surface area contributed by atoms with Crippen molar-refractivity contribution in [3.63, 3.8) is 0 Å². The molecule has 0 spiro atoms. The molecule has 1 aliphatic heterocycles. The number of amides is 1. The smallest absolute Gasteiger partial charge is 0.227 e. The van der Waals surface area contributed by atoms with Crippen LogP contribution in [-0.4, -0.2) is 48.4 Å². The third-order valence-electron chi connectivity index (χ3n) is 5.21. The Morgan fingerprint density at radius 2 is 2.07 bits per heavy atom. The van der Waals surface area contributed by atoms with Crippen LogP contribution >= 0.6 is 0 Å². The summed E-state index contributed by atoms with van der Waals surface area (Å²) in [7, 11) is 0. The fourth-order valence-corrected chi connectivity index (χ4v) is 3.82. The largest absolute Gasteiger partial charge is 0.342 e. The van der Waals surface area contributed by atoms with Gasteiger partial charge in [0.25, 0.3) is 0 Å². The van der Waals surface area contributed by atoms with Crippen LogP contribution in [0.25, 0.3) is 5.82 Å². The molecular formula is C21H24N6O. The van der Waals surface area contributed by atoms with Crippen molar-refractivity contribution >= 4 is 5.91 Å². The molecule has 0 radical (unpaired) electrons. The minimum atomic E-state index is 0.139. The Bertz CT molecular complexity index is 939. The van der Waals surface area contributed by atoms with E-state index in [1.807, 2.05) is 27.8 Å². The van der Waals surface area contributed by atoms with E-state index in [0.29, 0.717) is 13.0 Å². The molecular weight excluding hydrogens is 352 g/mol. The summed E-state index contributed by atoms with van der Waals surface area (Å²) in [6.07, 6.45) is 13.8. The van der Waals surface area contributed by atoms with Crippen molar-refractivity contribution in [2.45, 2.75) is 38.5 Å². The van der Waals surface area contributed by atoms with Crippen molar-refractivity contribution in [3.05, 3.63) is 66.4 Å². The third-order valence-corrected chi connectivity index (χ3v) is 5.21. The lowest BCUT2D eigenvalue weighted by atomic mass is 9.93. The molecule has 7 nitrogen and oxygen atoms in total. The molecule has 0 N–H and O–H groups in total. The van der Waals surface area contributed by atoms with Crippen molar-refractivity contribution in [3.8, 4) is 5.82 Å². The number of imidazole rings is 1. The number of piperidine rings is 1. The summed E-state index contributed by atoms with van der Waals surface area (Å²) in [5, 5.41) is 0. The van der Waals surface area contributed by atoms with Gasteiger partial charge in [-0.05, 0) is 24.5 Å². The highest BCUT2D eigenvalue weighted by atomic mass is 16.2. The summed E-state index contributed by atoms with van der Waals surface area (Å²) in [5.41, 5.74) is 1.88. The topological polar surface area (TPSA) is 76.8 Å². The van der Waals surface area contributed by atoms with E-state index < -0.39 is 0 Å². The maximum Gasteiger partial charge on any atom is 0.227 e. The first-order valence-electron chi connectivity index (χ1n) is 9.76. The Morgan fingerprint density at radius 3 is 2.89 bits per heavy atom. The Balaban J connectivity index is 1.55. The summed E-state index contributed by atoms with van der Waals surface area (Å²) in [4.78, 5) is 32.5. The number of nitrogens with zero attached hydrogens (tertiary/aromatic N) is 6. The van der Waals surface area contributed by atoms with Crippen LogP contribution in [0, 0.1) is 0 Å². The van der Waals surface area contributed by atoms with Gasteiger partial charge < -0.3 is 4.90 Å². The van der Waals surface area contributed by atoms with Crippen molar-refractivity contribution in [2.75, 3.05) is 13.1 Å². The van der Waals surface area contributed by atoms with Crippen LogP contribution in [0.4, 0.5) is 0 Å². The lowest BCUT2D eigenvalue weighted by molar-refractivity contribution is -0.131. The molecule has 0 saturated carbocycles. The van der Waals surface area contributed by atoms with E-state index in [2.05, 4.69) is 26.9 Å². The van der Waals surface area contributed by atoms with Crippen molar-refractivity contribution in [1.82, 2.24) is 29.4 Å². The molecule has 1 aliphatic rings. The van der Waals surface area contributed by atoms with Crippen LogP contribution in [0.2, 0.25) is 0 Å². The van der Waals surface area contributed by atoms with Crippen molar-refractivity contribution < 1.29 is 4.79 Å². The van der Waals surface area contributed by atoms with Crippen LogP contribution in [0.15, 0.2) is 49.3 Å². The van der Waals surface area contributed by atoms with E-state index in [1.54, 1.807) is 31.0 Å². The molecule has 7 heteroatoms. The van der Waals surface area contributed by atoms with Gasteiger partial charge in [-0.25, -0.2) is 9.97 Å². The van der Waals surface area contributed by atoms with E-state index in [1.165, 1.54) is 0 Å². The average Bonchev–Trinajstić information content (AvgIpc) is 3.23. The molecule has 1 atom stereocenters. The van der Waals surface area contributed by atoms with E-state index >= 15 is 0 Å². The molecule has 1 saturated heterocycles. The second-order valence-corrected chi connectivity index (χ2v) is 7.05. The third kappa shape index (κ3) is 3.78. The van der Waals surface area contributed by atoms with Crippen LogP contribution in [0.1, 0.15) is 42.8 Å². The Labute approximate surface area is 164 Å². The van der Waals surface area contributed by atoms with Crippen molar-refractivity contribution in [2.24, 2.45) is 0 Å². The number of pyridine rings is 1. The van der Waals surface area contributed by atoms with E-state index in [-0.39, 0.29) is 11.8 Å². The number of carbonyl (C=O) groups excluding carboxylic acids is 1. The zero-order valence-corrected chi connectivity index (χ0v) is 16.0. The fraction of sp³-hybridized carbons (Fsp3) is 0.381. The van der Waals surface area contributed by atoms with Crippen LogP contribution in [0.3, 0.4) is 0 Å². The van der Waals surface area contributed by atoms with Gasteiger partial charge in [-0.3, -0.25) is 19.3 Å². The van der Waals surface area contributed by atoms with Gasteiger partial charge in [0.15, 0.2) is 5.82 Å². The number of hydrogen-bond donors (Lipinski definition) is 0.